The summed E-state index contributed by atoms with van der Waals surface area (Å²) in [4.78, 5) is 10.6. The van der Waals surface area contributed by atoms with Gasteiger partial charge in [0.25, 0.3) is 0 Å². The molecule has 9 aromatic rings. The van der Waals surface area contributed by atoms with Gasteiger partial charge in [-0.1, -0.05) is 203 Å². The molecule has 2 aromatic heterocycles. The zero-order valence-corrected chi connectivity index (χ0v) is 42.4. The smallest absolute Gasteiger partial charge is 0.148 e. The Balaban J connectivity index is 0.00000592. The van der Waals surface area contributed by atoms with Crippen LogP contribution in [0, 0.1) is 6.07 Å². The van der Waals surface area contributed by atoms with Gasteiger partial charge in [-0.15, -0.1) is 29.3 Å². The summed E-state index contributed by atoms with van der Waals surface area (Å²) in [5.74, 6) is 0.950. The first kappa shape index (κ1) is 46.4. The monoisotopic (exact) mass is 1050 g/mol. The van der Waals surface area contributed by atoms with Gasteiger partial charge < -0.3 is 5.11 Å². The number of imidazole rings is 1. The van der Waals surface area contributed by atoms with Crippen molar-refractivity contribution in [3.05, 3.63) is 192 Å². The standard InChI is InChI=1S/C61H60N3O.Pt/c1-58(2,3)46-34-42(33-43(35-46)52-36-41(31-32-62-52)39-27-29-45(30-28-39)61(10,11)44-21-13-12-14-22-44)49-24-18-26-54-55(49)63-57(64(54)53-25-17-20-40-19-15-16-23-48(40)53)50-37-47(59(4,5)6)38-51(56(50)65)60(7,8)9;/h12-32,34-38,65H,1-11H3;/q-1;. The maximum atomic E-state index is 12.4. The van der Waals surface area contributed by atoms with Gasteiger partial charge in [0.15, 0.2) is 0 Å². The molecule has 0 spiro atoms. The van der Waals surface area contributed by atoms with Gasteiger partial charge in [-0.3, -0.25) is 9.55 Å². The second-order valence-corrected chi connectivity index (χ2v) is 21.3. The molecule has 0 amide bonds. The van der Waals surface area contributed by atoms with Gasteiger partial charge >= 0.3 is 0 Å². The zero-order chi connectivity index (χ0) is 46.1. The van der Waals surface area contributed by atoms with Gasteiger partial charge in [0, 0.05) is 49.3 Å². The average Bonchev–Trinajstić information content (AvgIpc) is 3.67. The van der Waals surface area contributed by atoms with Crippen molar-refractivity contribution in [1.29, 1.82) is 0 Å². The van der Waals surface area contributed by atoms with Crippen molar-refractivity contribution < 1.29 is 26.2 Å². The number of rotatable bonds is 7. The molecule has 2 heterocycles. The first-order chi connectivity index (χ1) is 30.8. The Morgan fingerprint density at radius 2 is 1.14 bits per heavy atom. The van der Waals surface area contributed by atoms with E-state index in [2.05, 4.69) is 238 Å². The van der Waals surface area contributed by atoms with E-state index in [1.54, 1.807) is 0 Å². The molecule has 0 aliphatic carbocycles. The fraction of sp³-hybridized carbons (Fsp3) is 0.246. The number of aromatic nitrogens is 3. The molecule has 7 aromatic carbocycles. The molecule has 0 saturated carbocycles. The molecule has 0 saturated heterocycles. The molecule has 0 atom stereocenters. The molecule has 5 heteroatoms. The third-order valence-electron chi connectivity index (χ3n) is 13.2. The van der Waals surface area contributed by atoms with Crippen molar-refractivity contribution >= 4 is 21.8 Å². The van der Waals surface area contributed by atoms with Crippen LogP contribution in [0.25, 0.3) is 72.4 Å². The molecule has 0 unspecified atom stereocenters. The fourth-order valence-corrected chi connectivity index (χ4v) is 9.10. The molecule has 1 N–H and O–H groups in total. The Morgan fingerprint density at radius 1 is 0.515 bits per heavy atom. The molecule has 0 radical (unpaired) electrons. The third kappa shape index (κ3) is 8.69. The number of hydrogen-bond donors (Lipinski definition) is 1. The van der Waals surface area contributed by atoms with Gasteiger partial charge in [-0.2, -0.15) is 0 Å². The van der Waals surface area contributed by atoms with E-state index in [9.17, 15) is 5.11 Å². The third-order valence-corrected chi connectivity index (χ3v) is 13.2. The topological polar surface area (TPSA) is 50.9 Å². The van der Waals surface area contributed by atoms with Crippen LogP contribution < -0.4 is 0 Å². The Kier molecular flexibility index (Phi) is 12.2. The number of phenols is 1. The molecular formula is C61H60N3OPt-. The minimum Gasteiger partial charge on any atom is -0.507 e. The van der Waals surface area contributed by atoms with E-state index in [1.807, 2.05) is 6.20 Å². The van der Waals surface area contributed by atoms with Gasteiger partial charge in [-0.25, -0.2) is 4.98 Å². The number of pyridine rings is 1. The summed E-state index contributed by atoms with van der Waals surface area (Å²) in [6.45, 7) is 24.5. The second kappa shape index (κ2) is 17.3. The van der Waals surface area contributed by atoms with Gasteiger partial charge in [0.05, 0.1) is 22.3 Å². The van der Waals surface area contributed by atoms with E-state index >= 15 is 0 Å². The van der Waals surface area contributed by atoms with Gasteiger partial charge in [-0.05, 0) is 73.7 Å². The summed E-state index contributed by atoms with van der Waals surface area (Å²) >= 11 is 0. The van der Waals surface area contributed by atoms with Gasteiger partial charge in [0.2, 0.25) is 0 Å². The van der Waals surface area contributed by atoms with E-state index in [-0.39, 0.29) is 48.5 Å². The first-order valence-corrected chi connectivity index (χ1v) is 22.9. The van der Waals surface area contributed by atoms with Crippen LogP contribution in [0.4, 0.5) is 0 Å². The van der Waals surface area contributed by atoms with Crippen molar-refractivity contribution in [3.63, 3.8) is 0 Å². The van der Waals surface area contributed by atoms with Crippen LogP contribution in [-0.4, -0.2) is 19.6 Å². The number of para-hydroxylation sites is 1. The molecule has 9 rings (SSSR count). The normalized spacial score (nSPS) is 12.4. The van der Waals surface area contributed by atoms with Crippen molar-refractivity contribution in [2.24, 2.45) is 0 Å². The van der Waals surface area contributed by atoms with Crippen molar-refractivity contribution in [3.8, 4) is 56.3 Å². The fourth-order valence-electron chi connectivity index (χ4n) is 9.10. The Labute approximate surface area is 406 Å². The van der Waals surface area contributed by atoms with Crippen LogP contribution in [0.2, 0.25) is 0 Å². The zero-order valence-electron chi connectivity index (χ0n) is 40.1. The van der Waals surface area contributed by atoms with Crippen molar-refractivity contribution in [2.75, 3.05) is 0 Å². The Bertz CT molecular complexity index is 3220. The van der Waals surface area contributed by atoms with E-state index < -0.39 is 0 Å². The van der Waals surface area contributed by atoms with E-state index in [4.69, 9.17) is 9.97 Å². The molecule has 0 aliphatic rings. The maximum absolute atomic E-state index is 12.4. The number of aromatic hydroxyl groups is 1. The molecule has 0 bridgehead atoms. The summed E-state index contributed by atoms with van der Waals surface area (Å²) in [6, 6.07) is 57.9. The van der Waals surface area contributed by atoms with Crippen molar-refractivity contribution in [1.82, 2.24) is 14.5 Å². The quantitative estimate of drug-likeness (QED) is 0.162. The summed E-state index contributed by atoms with van der Waals surface area (Å²) in [5, 5.41) is 14.6. The number of nitrogens with zero attached hydrogens (tertiary/aromatic N) is 3. The number of fused-ring (bicyclic) bond motifs is 2. The van der Waals surface area contributed by atoms with Crippen LogP contribution in [0.5, 0.6) is 5.75 Å². The summed E-state index contributed by atoms with van der Waals surface area (Å²) in [6.07, 6.45) is 1.91. The predicted molar refractivity (Wildman–Crippen MR) is 273 cm³/mol. The van der Waals surface area contributed by atoms with Crippen LogP contribution >= 0.6 is 0 Å². The molecule has 66 heavy (non-hydrogen) atoms. The van der Waals surface area contributed by atoms with E-state index in [0.29, 0.717) is 11.4 Å². The molecule has 0 fully saturated rings. The summed E-state index contributed by atoms with van der Waals surface area (Å²) in [5.41, 5.74) is 14.4. The van der Waals surface area contributed by atoms with E-state index in [1.165, 1.54) is 16.7 Å². The van der Waals surface area contributed by atoms with Crippen LogP contribution in [-0.2, 0) is 42.7 Å². The maximum Gasteiger partial charge on any atom is 0.148 e. The second-order valence-electron chi connectivity index (χ2n) is 21.3. The minimum absolute atomic E-state index is 0. The molecular weight excluding hydrogens is 986 g/mol. The van der Waals surface area contributed by atoms with Crippen LogP contribution in [0.3, 0.4) is 0 Å². The molecule has 4 nitrogen and oxygen atoms in total. The van der Waals surface area contributed by atoms with E-state index in [0.717, 1.165) is 72.1 Å². The van der Waals surface area contributed by atoms with Crippen LogP contribution in [0.1, 0.15) is 104 Å². The number of hydrogen-bond acceptors (Lipinski definition) is 3. The average molecular weight is 1050 g/mol. The van der Waals surface area contributed by atoms with Crippen LogP contribution in [0.15, 0.2) is 158 Å². The number of benzene rings is 7. The Hall–Kier alpha value is -6.09. The predicted octanol–water partition coefficient (Wildman–Crippen LogP) is 16.0. The first-order valence-electron chi connectivity index (χ1n) is 22.9. The minimum atomic E-state index is -0.311. The SMILES string of the molecule is CC(C)(C)c1cc(-c2cc(-c3ccc(C(C)(C)c4ccccc4)cc3)ccn2)[c-]c(-c2cccc3c2nc(-c2cc(C(C)(C)C)cc(C(C)(C)C)c2O)n3-c2cccc3ccccc23)c1.[Pt]. The molecule has 0 aliphatic heterocycles. The van der Waals surface area contributed by atoms with Crippen molar-refractivity contribution in [2.45, 2.75) is 97.8 Å². The van der Waals surface area contributed by atoms with Gasteiger partial charge in [0.1, 0.15) is 11.6 Å². The Morgan fingerprint density at radius 3 is 1.83 bits per heavy atom. The largest absolute Gasteiger partial charge is 0.507 e. The number of phenolic OH excluding ortho intramolecular Hbond substituents is 1. The summed E-state index contributed by atoms with van der Waals surface area (Å²) in [7, 11) is 0. The summed E-state index contributed by atoms with van der Waals surface area (Å²) < 4.78 is 2.25. The molecule has 336 valence electrons.